The van der Waals surface area contributed by atoms with Crippen LogP contribution in [0.25, 0.3) is 22.0 Å². The van der Waals surface area contributed by atoms with Crippen LogP contribution in [0.1, 0.15) is 18.4 Å². The molecular formula is C25H24N4O6S. The SMILES string of the molecule is Cc1ccc(S(=O)(=O)c2cc3c(-c4ccc(N)c([N+](=O)[O-])c4OCC4CC4)cn(C)c(=O)c3[nH]2)cc1. The van der Waals surface area contributed by atoms with Gasteiger partial charge in [0.2, 0.25) is 15.6 Å². The van der Waals surface area contributed by atoms with Gasteiger partial charge >= 0.3 is 5.69 Å². The predicted molar refractivity (Wildman–Crippen MR) is 135 cm³/mol. The number of aryl methyl sites for hydroxylation is 2. The topological polar surface area (TPSA) is 150 Å². The second-order valence-electron chi connectivity index (χ2n) is 9.09. The van der Waals surface area contributed by atoms with E-state index in [1.54, 1.807) is 18.2 Å². The number of nitrogen functional groups attached to an aromatic ring is 1. The number of aromatic nitrogens is 2. The number of fused-ring (bicyclic) bond motifs is 1. The van der Waals surface area contributed by atoms with E-state index in [1.807, 2.05) is 6.92 Å². The molecule has 11 heteroatoms. The van der Waals surface area contributed by atoms with Crippen molar-refractivity contribution >= 4 is 32.1 Å². The van der Waals surface area contributed by atoms with Crippen LogP contribution in [-0.2, 0) is 16.9 Å². The van der Waals surface area contributed by atoms with Gasteiger partial charge in [0.15, 0.2) is 0 Å². The molecule has 4 aromatic rings. The molecule has 2 aromatic carbocycles. The van der Waals surface area contributed by atoms with Crippen molar-refractivity contribution in [1.29, 1.82) is 0 Å². The lowest BCUT2D eigenvalue weighted by Gasteiger charge is -2.14. The van der Waals surface area contributed by atoms with Crippen LogP contribution in [-0.4, -0.2) is 29.5 Å². The number of pyridine rings is 1. The van der Waals surface area contributed by atoms with Crippen LogP contribution in [0, 0.1) is 23.0 Å². The number of hydrogen-bond acceptors (Lipinski definition) is 7. The molecule has 1 saturated carbocycles. The first-order valence-electron chi connectivity index (χ1n) is 11.3. The average Bonchev–Trinajstić information content (AvgIpc) is 3.55. The number of rotatable bonds is 7. The molecule has 0 spiro atoms. The minimum Gasteiger partial charge on any atom is -0.486 e. The summed E-state index contributed by atoms with van der Waals surface area (Å²) in [6.45, 7) is 2.15. The number of nitro benzene ring substituents is 1. The maximum atomic E-state index is 13.3. The Bertz CT molecular complexity index is 1680. The smallest absolute Gasteiger partial charge is 0.334 e. The van der Waals surface area contributed by atoms with E-state index in [0.29, 0.717) is 29.0 Å². The molecule has 5 rings (SSSR count). The number of ether oxygens (including phenoxy) is 1. The van der Waals surface area contributed by atoms with Gasteiger partial charge in [-0.3, -0.25) is 14.9 Å². The second-order valence-corrected chi connectivity index (χ2v) is 11.0. The standard InChI is InChI=1S/C25H24N4O6S/c1-14-3-7-16(8-4-14)36(33,34)21-11-18-19(12-28(2)25(30)22(18)27-21)17-9-10-20(26)23(29(31)32)24(17)35-13-15-5-6-15/h3-4,7-12,15,27H,5-6,13,26H2,1-2H3. The fourth-order valence-corrected chi connectivity index (χ4v) is 5.39. The van der Waals surface area contributed by atoms with Gasteiger partial charge in [0.05, 0.1) is 16.4 Å². The monoisotopic (exact) mass is 508 g/mol. The van der Waals surface area contributed by atoms with Crippen LogP contribution in [0.4, 0.5) is 11.4 Å². The molecule has 1 aliphatic carbocycles. The van der Waals surface area contributed by atoms with Crippen LogP contribution in [0.15, 0.2) is 63.4 Å². The highest BCUT2D eigenvalue weighted by molar-refractivity contribution is 7.91. The number of hydrogen-bond donors (Lipinski definition) is 2. The molecule has 0 unspecified atom stereocenters. The van der Waals surface area contributed by atoms with Gasteiger partial charge in [-0.2, -0.15) is 0 Å². The number of sulfone groups is 1. The molecule has 2 heterocycles. The van der Waals surface area contributed by atoms with E-state index < -0.39 is 20.3 Å². The Morgan fingerprint density at radius 1 is 1.17 bits per heavy atom. The Hall–Kier alpha value is -4.12. The second kappa shape index (κ2) is 8.52. The summed E-state index contributed by atoms with van der Waals surface area (Å²) in [6, 6.07) is 10.8. The summed E-state index contributed by atoms with van der Waals surface area (Å²) in [5.74, 6) is 0.313. The van der Waals surface area contributed by atoms with Gasteiger partial charge in [-0.1, -0.05) is 17.7 Å². The van der Waals surface area contributed by atoms with Crippen LogP contribution in [0.2, 0.25) is 0 Å². The summed E-state index contributed by atoms with van der Waals surface area (Å²) < 4.78 is 33.9. The zero-order valence-corrected chi connectivity index (χ0v) is 20.5. The number of nitro groups is 1. The first kappa shape index (κ1) is 23.6. The third-order valence-corrected chi connectivity index (χ3v) is 8.05. The zero-order chi connectivity index (χ0) is 25.8. The molecule has 0 bridgehead atoms. The van der Waals surface area contributed by atoms with Gasteiger partial charge < -0.3 is 20.0 Å². The number of nitrogens with one attached hydrogen (secondary N) is 1. The molecule has 186 valence electrons. The van der Waals surface area contributed by atoms with Crippen molar-refractivity contribution in [2.45, 2.75) is 29.7 Å². The molecule has 0 saturated heterocycles. The third kappa shape index (κ3) is 4.01. The number of nitrogens with zero attached hydrogens (tertiary/aromatic N) is 2. The fraction of sp³-hybridized carbons (Fsp3) is 0.240. The lowest BCUT2D eigenvalue weighted by atomic mass is 10.0. The van der Waals surface area contributed by atoms with Crippen molar-refractivity contribution in [3.63, 3.8) is 0 Å². The van der Waals surface area contributed by atoms with Crippen LogP contribution in [0.5, 0.6) is 5.75 Å². The average molecular weight is 509 g/mol. The van der Waals surface area contributed by atoms with Gasteiger partial charge in [-0.05, 0) is 56.0 Å². The van der Waals surface area contributed by atoms with E-state index in [-0.39, 0.29) is 32.6 Å². The summed E-state index contributed by atoms with van der Waals surface area (Å²) in [6.07, 6.45) is 3.47. The largest absolute Gasteiger partial charge is 0.486 e. The minimum absolute atomic E-state index is 0.00371. The Balaban J connectivity index is 1.75. The van der Waals surface area contributed by atoms with Crippen molar-refractivity contribution in [2.75, 3.05) is 12.3 Å². The molecule has 0 aliphatic heterocycles. The lowest BCUT2D eigenvalue weighted by molar-refractivity contribution is -0.384. The van der Waals surface area contributed by atoms with E-state index in [9.17, 15) is 23.3 Å². The van der Waals surface area contributed by atoms with Gasteiger partial charge in [0, 0.05) is 29.8 Å². The van der Waals surface area contributed by atoms with Crippen LogP contribution >= 0.6 is 0 Å². The van der Waals surface area contributed by atoms with Crippen molar-refractivity contribution in [2.24, 2.45) is 13.0 Å². The Morgan fingerprint density at radius 3 is 2.50 bits per heavy atom. The summed E-state index contributed by atoms with van der Waals surface area (Å²) in [5, 5.41) is 12.0. The Kier molecular flexibility index (Phi) is 5.59. The number of benzene rings is 2. The van der Waals surface area contributed by atoms with Crippen LogP contribution < -0.4 is 16.0 Å². The molecule has 1 fully saturated rings. The lowest BCUT2D eigenvalue weighted by Crippen LogP contribution is -2.17. The number of anilines is 1. The summed E-state index contributed by atoms with van der Waals surface area (Å²) in [4.78, 5) is 27.1. The predicted octanol–water partition coefficient (Wildman–Crippen LogP) is 3.95. The molecule has 0 atom stereocenters. The Labute approximate surface area is 206 Å². The van der Waals surface area contributed by atoms with Gasteiger partial charge in [0.25, 0.3) is 5.56 Å². The third-order valence-electron chi connectivity index (χ3n) is 6.36. The van der Waals surface area contributed by atoms with Gasteiger partial charge in [-0.25, -0.2) is 8.42 Å². The van der Waals surface area contributed by atoms with E-state index in [2.05, 4.69) is 4.98 Å². The zero-order valence-electron chi connectivity index (χ0n) is 19.6. The molecule has 36 heavy (non-hydrogen) atoms. The molecular weight excluding hydrogens is 484 g/mol. The first-order valence-corrected chi connectivity index (χ1v) is 12.8. The fourth-order valence-electron chi connectivity index (χ4n) is 4.13. The highest BCUT2D eigenvalue weighted by Gasteiger charge is 2.30. The van der Waals surface area contributed by atoms with Gasteiger partial charge in [0.1, 0.15) is 16.2 Å². The van der Waals surface area contributed by atoms with Crippen molar-refractivity contribution in [3.8, 4) is 16.9 Å². The maximum Gasteiger partial charge on any atom is 0.334 e. The first-order chi connectivity index (χ1) is 17.1. The van der Waals surface area contributed by atoms with E-state index in [1.165, 1.54) is 42.1 Å². The number of nitrogens with two attached hydrogens (primary N) is 1. The van der Waals surface area contributed by atoms with Gasteiger partial charge in [-0.15, -0.1) is 0 Å². The van der Waals surface area contributed by atoms with E-state index in [0.717, 1.165) is 18.4 Å². The Morgan fingerprint density at radius 2 is 1.86 bits per heavy atom. The van der Waals surface area contributed by atoms with Crippen molar-refractivity contribution < 1.29 is 18.1 Å². The summed E-state index contributed by atoms with van der Waals surface area (Å²) >= 11 is 0. The number of aromatic amines is 1. The molecule has 10 nitrogen and oxygen atoms in total. The molecule has 0 radical (unpaired) electrons. The van der Waals surface area contributed by atoms with Crippen molar-refractivity contribution in [1.82, 2.24) is 9.55 Å². The van der Waals surface area contributed by atoms with E-state index >= 15 is 0 Å². The highest BCUT2D eigenvalue weighted by atomic mass is 32.2. The number of H-pyrrole nitrogens is 1. The molecule has 0 amide bonds. The minimum atomic E-state index is -3.96. The van der Waals surface area contributed by atoms with Crippen molar-refractivity contribution in [3.05, 3.63) is 74.7 Å². The van der Waals surface area contributed by atoms with Crippen LogP contribution in [0.3, 0.4) is 0 Å². The molecule has 3 N–H and O–H groups in total. The normalized spacial score (nSPS) is 13.7. The quantitative estimate of drug-likeness (QED) is 0.218. The molecule has 2 aromatic heterocycles. The van der Waals surface area contributed by atoms with E-state index in [4.69, 9.17) is 10.5 Å². The summed E-state index contributed by atoms with van der Waals surface area (Å²) in [5.41, 5.74) is 6.80. The highest BCUT2D eigenvalue weighted by Crippen LogP contribution is 2.45. The molecule has 1 aliphatic rings. The maximum absolute atomic E-state index is 13.3. The summed E-state index contributed by atoms with van der Waals surface area (Å²) in [7, 11) is -2.44.